The van der Waals surface area contributed by atoms with Gasteiger partial charge in [-0.3, -0.25) is 0 Å². The van der Waals surface area contributed by atoms with Crippen LogP contribution in [0.3, 0.4) is 0 Å². The standard InChI is InChI=1S/C10H19NO5/c1-5-15-7(13)10(11,6-12)8(14)16-9(2,3)4/h12H,5-6,11H2,1-4H3/t10-/m0/s1. The lowest BCUT2D eigenvalue weighted by atomic mass is 10.0. The Morgan fingerprint density at radius 2 is 1.75 bits per heavy atom. The van der Waals surface area contributed by atoms with Gasteiger partial charge in [0.05, 0.1) is 13.2 Å². The zero-order valence-corrected chi connectivity index (χ0v) is 10.1. The van der Waals surface area contributed by atoms with E-state index in [2.05, 4.69) is 4.74 Å². The van der Waals surface area contributed by atoms with Crippen molar-refractivity contribution in [1.29, 1.82) is 0 Å². The van der Waals surface area contributed by atoms with E-state index in [0.29, 0.717) is 0 Å². The highest BCUT2D eigenvalue weighted by atomic mass is 16.6. The molecule has 0 amide bonds. The molecular formula is C10H19NO5. The number of carbonyl (C=O) groups is 2. The average Bonchev–Trinajstić information content (AvgIpc) is 2.14. The molecule has 0 aromatic heterocycles. The van der Waals surface area contributed by atoms with Gasteiger partial charge >= 0.3 is 11.9 Å². The van der Waals surface area contributed by atoms with Crippen molar-refractivity contribution in [2.45, 2.75) is 38.8 Å². The van der Waals surface area contributed by atoms with Gasteiger partial charge in [0, 0.05) is 0 Å². The van der Waals surface area contributed by atoms with Gasteiger partial charge in [-0.1, -0.05) is 0 Å². The quantitative estimate of drug-likeness (QED) is 0.505. The molecule has 94 valence electrons. The number of nitrogens with two attached hydrogens (primary N) is 1. The molecule has 0 bridgehead atoms. The van der Waals surface area contributed by atoms with Crippen molar-refractivity contribution in [2.24, 2.45) is 5.73 Å². The Labute approximate surface area is 94.7 Å². The smallest absolute Gasteiger partial charge is 0.340 e. The van der Waals surface area contributed by atoms with Crippen LogP contribution in [0.4, 0.5) is 0 Å². The largest absolute Gasteiger partial charge is 0.464 e. The SMILES string of the molecule is CCOC(=O)[C@@](N)(CO)C(=O)OC(C)(C)C. The molecule has 16 heavy (non-hydrogen) atoms. The molecule has 0 aliphatic heterocycles. The first-order chi connectivity index (χ1) is 7.17. The van der Waals surface area contributed by atoms with Gasteiger partial charge in [0.25, 0.3) is 0 Å². The molecule has 0 heterocycles. The highest BCUT2D eigenvalue weighted by Gasteiger charge is 2.46. The maximum Gasteiger partial charge on any atom is 0.340 e. The van der Waals surface area contributed by atoms with Crippen LogP contribution in [-0.4, -0.2) is 41.4 Å². The van der Waals surface area contributed by atoms with E-state index < -0.39 is 29.7 Å². The fraction of sp³-hybridized carbons (Fsp3) is 0.800. The first-order valence-corrected chi connectivity index (χ1v) is 4.97. The Hall–Kier alpha value is -1.14. The van der Waals surface area contributed by atoms with Gasteiger partial charge in [-0.25, -0.2) is 9.59 Å². The lowest BCUT2D eigenvalue weighted by molar-refractivity contribution is -0.173. The summed E-state index contributed by atoms with van der Waals surface area (Å²) in [4.78, 5) is 23.0. The summed E-state index contributed by atoms with van der Waals surface area (Å²) in [7, 11) is 0. The van der Waals surface area contributed by atoms with Gasteiger partial charge in [-0.2, -0.15) is 0 Å². The predicted octanol–water partition coefficient (Wildman–Crippen LogP) is -0.419. The lowest BCUT2D eigenvalue weighted by Gasteiger charge is -2.27. The highest BCUT2D eigenvalue weighted by molar-refractivity contribution is 6.05. The van der Waals surface area contributed by atoms with Crippen molar-refractivity contribution in [3.05, 3.63) is 0 Å². The Morgan fingerprint density at radius 3 is 2.06 bits per heavy atom. The molecule has 0 aromatic rings. The Morgan fingerprint density at radius 1 is 1.25 bits per heavy atom. The van der Waals surface area contributed by atoms with Gasteiger partial charge in [0.15, 0.2) is 0 Å². The normalized spacial score (nSPS) is 15.1. The van der Waals surface area contributed by atoms with Crippen LogP contribution in [0.1, 0.15) is 27.7 Å². The second-order valence-corrected chi connectivity index (χ2v) is 4.35. The van der Waals surface area contributed by atoms with Crippen LogP contribution in [0.2, 0.25) is 0 Å². The summed E-state index contributed by atoms with van der Waals surface area (Å²) in [6.45, 7) is 5.68. The summed E-state index contributed by atoms with van der Waals surface area (Å²) >= 11 is 0. The van der Waals surface area contributed by atoms with Gasteiger partial charge in [-0.15, -0.1) is 0 Å². The van der Waals surface area contributed by atoms with Crippen LogP contribution in [0, 0.1) is 0 Å². The minimum absolute atomic E-state index is 0.0700. The van der Waals surface area contributed by atoms with Crippen molar-refractivity contribution in [3.8, 4) is 0 Å². The minimum atomic E-state index is -2.15. The topological polar surface area (TPSA) is 98.9 Å². The first kappa shape index (κ1) is 14.9. The van der Waals surface area contributed by atoms with Crippen molar-refractivity contribution in [1.82, 2.24) is 0 Å². The number of esters is 2. The molecular weight excluding hydrogens is 214 g/mol. The number of carbonyl (C=O) groups excluding carboxylic acids is 2. The van der Waals surface area contributed by atoms with Crippen molar-refractivity contribution >= 4 is 11.9 Å². The van der Waals surface area contributed by atoms with Crippen molar-refractivity contribution in [2.75, 3.05) is 13.2 Å². The van der Waals surface area contributed by atoms with Gasteiger partial charge in [-0.05, 0) is 27.7 Å². The average molecular weight is 233 g/mol. The van der Waals surface area contributed by atoms with Crippen molar-refractivity contribution in [3.63, 3.8) is 0 Å². The summed E-state index contributed by atoms with van der Waals surface area (Å²) in [6, 6.07) is 0. The highest BCUT2D eigenvalue weighted by Crippen LogP contribution is 2.14. The van der Waals surface area contributed by atoms with Gasteiger partial charge < -0.3 is 20.3 Å². The molecule has 6 heteroatoms. The third kappa shape index (κ3) is 3.79. The third-order valence-corrected chi connectivity index (χ3v) is 1.65. The van der Waals surface area contributed by atoms with E-state index in [1.807, 2.05) is 0 Å². The summed E-state index contributed by atoms with van der Waals surface area (Å²) in [5.41, 5.74) is 2.54. The predicted molar refractivity (Wildman–Crippen MR) is 56.5 cm³/mol. The van der Waals surface area contributed by atoms with Crippen LogP contribution in [0.25, 0.3) is 0 Å². The number of hydrogen-bond donors (Lipinski definition) is 2. The monoisotopic (exact) mass is 233 g/mol. The van der Waals surface area contributed by atoms with E-state index in [9.17, 15) is 9.59 Å². The van der Waals surface area contributed by atoms with Gasteiger partial charge in [0.2, 0.25) is 5.54 Å². The Bertz CT molecular complexity index is 271. The van der Waals surface area contributed by atoms with E-state index in [0.717, 1.165) is 0 Å². The lowest BCUT2D eigenvalue weighted by Crippen LogP contribution is -2.60. The molecule has 0 saturated carbocycles. The third-order valence-electron chi connectivity index (χ3n) is 1.65. The molecule has 0 spiro atoms. The molecule has 0 radical (unpaired) electrons. The second-order valence-electron chi connectivity index (χ2n) is 4.35. The van der Waals surface area contributed by atoms with Gasteiger partial charge in [0.1, 0.15) is 5.60 Å². The van der Waals surface area contributed by atoms with Crippen LogP contribution in [0.5, 0.6) is 0 Å². The second kappa shape index (κ2) is 5.27. The Balaban J connectivity index is 4.82. The summed E-state index contributed by atoms with van der Waals surface area (Å²) < 4.78 is 9.55. The van der Waals surface area contributed by atoms with E-state index in [-0.39, 0.29) is 6.61 Å². The summed E-state index contributed by atoms with van der Waals surface area (Å²) in [5.74, 6) is -1.99. The molecule has 0 aromatic carbocycles. The molecule has 1 atom stereocenters. The van der Waals surface area contributed by atoms with E-state index >= 15 is 0 Å². The number of rotatable bonds is 4. The molecule has 0 fully saturated rings. The van der Waals surface area contributed by atoms with Crippen LogP contribution in [0.15, 0.2) is 0 Å². The van der Waals surface area contributed by atoms with Crippen LogP contribution >= 0.6 is 0 Å². The Kier molecular flexibility index (Phi) is 4.89. The number of hydrogen-bond acceptors (Lipinski definition) is 6. The van der Waals surface area contributed by atoms with Crippen molar-refractivity contribution < 1.29 is 24.2 Å². The zero-order valence-electron chi connectivity index (χ0n) is 10.1. The first-order valence-electron chi connectivity index (χ1n) is 4.97. The number of aliphatic hydroxyl groups is 1. The van der Waals surface area contributed by atoms with E-state index in [4.69, 9.17) is 15.6 Å². The maximum absolute atomic E-state index is 11.6. The minimum Gasteiger partial charge on any atom is -0.464 e. The summed E-state index contributed by atoms with van der Waals surface area (Å²) in [5, 5.41) is 9.02. The molecule has 6 nitrogen and oxygen atoms in total. The molecule has 3 N–H and O–H groups in total. The molecule has 0 rings (SSSR count). The van der Waals surface area contributed by atoms with Crippen LogP contribution in [-0.2, 0) is 19.1 Å². The number of aliphatic hydroxyl groups excluding tert-OH is 1. The van der Waals surface area contributed by atoms with Crippen LogP contribution < -0.4 is 5.73 Å². The van der Waals surface area contributed by atoms with E-state index in [1.165, 1.54) is 0 Å². The molecule has 0 aliphatic carbocycles. The summed E-state index contributed by atoms with van der Waals surface area (Å²) in [6.07, 6.45) is 0. The molecule has 0 saturated heterocycles. The number of ether oxygens (including phenoxy) is 2. The fourth-order valence-electron chi connectivity index (χ4n) is 0.841. The molecule has 0 unspecified atom stereocenters. The zero-order chi connectivity index (χ0) is 13.0. The fourth-order valence-corrected chi connectivity index (χ4v) is 0.841. The van der Waals surface area contributed by atoms with E-state index in [1.54, 1.807) is 27.7 Å². The molecule has 0 aliphatic rings. The maximum atomic E-state index is 11.6.